The maximum absolute atomic E-state index is 11.9. The zero-order valence-electron chi connectivity index (χ0n) is 14.4. The number of carbonyl (C=O) groups is 3. The molecule has 2 amide bonds. The van der Waals surface area contributed by atoms with Gasteiger partial charge < -0.3 is 24.6 Å². The van der Waals surface area contributed by atoms with E-state index in [0.717, 1.165) is 0 Å². The average molecular weight is 361 g/mol. The summed E-state index contributed by atoms with van der Waals surface area (Å²) in [6.07, 6.45) is 0. The van der Waals surface area contributed by atoms with Gasteiger partial charge in [0.15, 0.2) is 12.4 Å². The first kappa shape index (κ1) is 19.0. The molecule has 0 aliphatic heterocycles. The smallest absolute Gasteiger partial charge is 0.325 e. The first-order valence-corrected chi connectivity index (χ1v) is 7.87. The molecule has 0 saturated carbocycles. The highest BCUT2D eigenvalue weighted by Crippen LogP contribution is 2.11. The molecule has 2 N–H and O–H groups in total. The molecule has 9 heteroatoms. The molecule has 9 nitrogen and oxygen atoms in total. The van der Waals surface area contributed by atoms with Crippen LogP contribution in [-0.2, 0) is 14.3 Å². The van der Waals surface area contributed by atoms with Gasteiger partial charge in [-0.05, 0) is 38.1 Å². The first-order chi connectivity index (χ1) is 12.5. The summed E-state index contributed by atoms with van der Waals surface area (Å²) in [4.78, 5) is 35.2. The largest absolute Gasteiger partial charge is 0.494 e. The number of aryl methyl sites for hydroxylation is 1. The Bertz CT molecular complexity index is 769. The fourth-order valence-electron chi connectivity index (χ4n) is 1.93. The number of nitrogens with one attached hydrogen (secondary N) is 2. The summed E-state index contributed by atoms with van der Waals surface area (Å²) < 4.78 is 14.9. The molecule has 1 aromatic carbocycles. The van der Waals surface area contributed by atoms with E-state index < -0.39 is 24.4 Å². The predicted octanol–water partition coefficient (Wildman–Crippen LogP) is 1.29. The molecule has 0 radical (unpaired) electrons. The molecule has 0 atom stereocenters. The summed E-state index contributed by atoms with van der Waals surface area (Å²) in [5, 5.41) is 8.40. The molecule has 2 aromatic rings. The van der Waals surface area contributed by atoms with Crippen LogP contribution in [0.5, 0.6) is 5.75 Å². The van der Waals surface area contributed by atoms with E-state index >= 15 is 0 Å². The Balaban J connectivity index is 1.70. The standard InChI is InChI=1S/C17H19N3O6/c1-3-24-13-6-4-12(5-7-13)17(23)18-9-16(22)25-10-15(21)19-14-8-11(2)26-20-14/h4-8H,3,9-10H2,1-2H3,(H,18,23)(H,19,20,21). The molecule has 0 bridgehead atoms. The van der Waals surface area contributed by atoms with E-state index in [0.29, 0.717) is 23.7 Å². The number of anilines is 1. The molecular formula is C17H19N3O6. The van der Waals surface area contributed by atoms with E-state index in [4.69, 9.17) is 14.0 Å². The van der Waals surface area contributed by atoms with Crippen molar-refractivity contribution in [1.82, 2.24) is 10.5 Å². The van der Waals surface area contributed by atoms with E-state index in [1.54, 1.807) is 31.2 Å². The van der Waals surface area contributed by atoms with Gasteiger partial charge in [0.1, 0.15) is 18.1 Å². The Morgan fingerprint density at radius 1 is 1.19 bits per heavy atom. The van der Waals surface area contributed by atoms with Gasteiger partial charge in [-0.25, -0.2) is 0 Å². The van der Waals surface area contributed by atoms with Crippen molar-refractivity contribution >= 4 is 23.6 Å². The fraction of sp³-hybridized carbons (Fsp3) is 0.294. The van der Waals surface area contributed by atoms with Crippen molar-refractivity contribution in [1.29, 1.82) is 0 Å². The van der Waals surface area contributed by atoms with Crippen molar-refractivity contribution in [2.75, 3.05) is 25.1 Å². The van der Waals surface area contributed by atoms with Crippen LogP contribution in [-0.4, -0.2) is 42.7 Å². The molecule has 0 saturated heterocycles. The van der Waals surface area contributed by atoms with Gasteiger partial charge in [0.2, 0.25) is 0 Å². The minimum absolute atomic E-state index is 0.229. The van der Waals surface area contributed by atoms with Gasteiger partial charge in [0, 0.05) is 11.6 Å². The van der Waals surface area contributed by atoms with Crippen LogP contribution in [0.4, 0.5) is 5.82 Å². The van der Waals surface area contributed by atoms with Gasteiger partial charge in [-0.1, -0.05) is 5.16 Å². The number of carbonyl (C=O) groups excluding carboxylic acids is 3. The number of ether oxygens (including phenoxy) is 2. The summed E-state index contributed by atoms with van der Waals surface area (Å²) >= 11 is 0. The lowest BCUT2D eigenvalue weighted by Gasteiger charge is -2.07. The number of esters is 1. The zero-order valence-corrected chi connectivity index (χ0v) is 14.4. The van der Waals surface area contributed by atoms with Gasteiger partial charge in [0.05, 0.1) is 6.61 Å². The van der Waals surface area contributed by atoms with Crippen molar-refractivity contribution in [2.24, 2.45) is 0 Å². The Labute approximate surface area is 149 Å². The molecule has 138 valence electrons. The summed E-state index contributed by atoms with van der Waals surface area (Å²) in [5.74, 6) is -0.328. The van der Waals surface area contributed by atoms with Crippen molar-refractivity contribution < 1.29 is 28.4 Å². The number of hydrogen-bond acceptors (Lipinski definition) is 7. The fourth-order valence-corrected chi connectivity index (χ4v) is 1.93. The molecular weight excluding hydrogens is 342 g/mol. The van der Waals surface area contributed by atoms with Crippen molar-refractivity contribution in [3.8, 4) is 5.75 Å². The molecule has 0 aliphatic carbocycles. The SMILES string of the molecule is CCOc1ccc(C(=O)NCC(=O)OCC(=O)Nc2cc(C)on2)cc1. The molecule has 0 fully saturated rings. The average Bonchev–Trinajstić information content (AvgIpc) is 3.03. The molecule has 2 rings (SSSR count). The minimum Gasteiger partial charge on any atom is -0.494 e. The van der Waals surface area contributed by atoms with Gasteiger partial charge >= 0.3 is 5.97 Å². The van der Waals surface area contributed by atoms with Gasteiger partial charge in [-0.3, -0.25) is 14.4 Å². The highest BCUT2D eigenvalue weighted by molar-refractivity contribution is 5.96. The zero-order chi connectivity index (χ0) is 18.9. The van der Waals surface area contributed by atoms with Crippen LogP contribution in [0, 0.1) is 6.92 Å². The predicted molar refractivity (Wildman–Crippen MR) is 90.8 cm³/mol. The monoisotopic (exact) mass is 361 g/mol. The molecule has 0 aliphatic rings. The second-order valence-corrected chi connectivity index (χ2v) is 5.17. The Kier molecular flexibility index (Phi) is 6.72. The molecule has 0 spiro atoms. The van der Waals surface area contributed by atoms with Gasteiger partial charge in [0.25, 0.3) is 11.8 Å². The van der Waals surface area contributed by atoms with E-state index in [2.05, 4.69) is 15.8 Å². The molecule has 1 heterocycles. The third-order valence-electron chi connectivity index (χ3n) is 3.08. The summed E-state index contributed by atoms with van der Waals surface area (Å²) in [7, 11) is 0. The topological polar surface area (TPSA) is 120 Å². The highest BCUT2D eigenvalue weighted by atomic mass is 16.5. The lowest BCUT2D eigenvalue weighted by atomic mass is 10.2. The number of hydrogen-bond donors (Lipinski definition) is 2. The second kappa shape index (κ2) is 9.21. The second-order valence-electron chi connectivity index (χ2n) is 5.17. The lowest BCUT2D eigenvalue weighted by molar-refractivity contribution is -0.146. The van der Waals surface area contributed by atoms with Crippen LogP contribution in [0.3, 0.4) is 0 Å². The van der Waals surface area contributed by atoms with Crippen LogP contribution in [0.1, 0.15) is 23.0 Å². The quantitative estimate of drug-likeness (QED) is 0.680. The van der Waals surface area contributed by atoms with Crippen molar-refractivity contribution in [3.63, 3.8) is 0 Å². The van der Waals surface area contributed by atoms with E-state index in [-0.39, 0.29) is 12.4 Å². The third-order valence-corrected chi connectivity index (χ3v) is 3.08. The number of nitrogens with zero attached hydrogens (tertiary/aromatic N) is 1. The first-order valence-electron chi connectivity index (χ1n) is 7.87. The van der Waals surface area contributed by atoms with Crippen LogP contribution in [0.15, 0.2) is 34.9 Å². The normalized spacial score (nSPS) is 10.1. The van der Waals surface area contributed by atoms with Crippen LogP contribution in [0.25, 0.3) is 0 Å². The maximum atomic E-state index is 11.9. The van der Waals surface area contributed by atoms with E-state index in [1.165, 1.54) is 6.07 Å². The molecule has 0 unspecified atom stereocenters. The Hall–Kier alpha value is -3.36. The van der Waals surface area contributed by atoms with Crippen molar-refractivity contribution in [2.45, 2.75) is 13.8 Å². The number of rotatable bonds is 8. The lowest BCUT2D eigenvalue weighted by Crippen LogP contribution is -2.32. The maximum Gasteiger partial charge on any atom is 0.325 e. The van der Waals surface area contributed by atoms with Gasteiger partial charge in [-0.2, -0.15) is 0 Å². The number of benzene rings is 1. The summed E-state index contributed by atoms with van der Waals surface area (Å²) in [5.41, 5.74) is 0.375. The van der Waals surface area contributed by atoms with Crippen LogP contribution < -0.4 is 15.4 Å². The van der Waals surface area contributed by atoms with E-state index in [1.807, 2.05) is 6.92 Å². The Morgan fingerprint density at radius 3 is 2.54 bits per heavy atom. The number of amides is 2. The Morgan fingerprint density at radius 2 is 1.92 bits per heavy atom. The van der Waals surface area contributed by atoms with Crippen LogP contribution in [0.2, 0.25) is 0 Å². The third kappa shape index (κ3) is 5.93. The number of aromatic nitrogens is 1. The van der Waals surface area contributed by atoms with Crippen molar-refractivity contribution in [3.05, 3.63) is 41.7 Å². The van der Waals surface area contributed by atoms with Gasteiger partial charge in [-0.15, -0.1) is 0 Å². The van der Waals surface area contributed by atoms with E-state index in [9.17, 15) is 14.4 Å². The summed E-state index contributed by atoms with van der Waals surface area (Å²) in [6.45, 7) is 3.21. The van der Waals surface area contributed by atoms with Crippen LogP contribution >= 0.6 is 0 Å². The molecule has 26 heavy (non-hydrogen) atoms. The summed E-state index contributed by atoms with van der Waals surface area (Å²) in [6, 6.07) is 8.01. The highest BCUT2D eigenvalue weighted by Gasteiger charge is 2.12. The minimum atomic E-state index is -0.740. The molecule has 1 aromatic heterocycles.